The molecule has 2 saturated carbocycles. The highest BCUT2D eigenvalue weighted by Gasteiger charge is 2.57. The first-order valence-electron chi connectivity index (χ1n) is 13.4. The van der Waals surface area contributed by atoms with E-state index < -0.39 is 10.0 Å². The van der Waals surface area contributed by atoms with Gasteiger partial charge in [-0.15, -0.1) is 0 Å². The van der Waals surface area contributed by atoms with Gasteiger partial charge in [-0.25, -0.2) is 13.6 Å². The summed E-state index contributed by atoms with van der Waals surface area (Å²) in [5.41, 5.74) is 3.86. The average molecular weight is 514 g/mol. The van der Waals surface area contributed by atoms with E-state index in [9.17, 15) is 18.6 Å². The molecule has 2 aromatic carbocycles. The Labute approximate surface area is 214 Å². The number of unbranched alkanes of at least 4 members (excludes halogenated alkanes) is 2. The average Bonchev–Trinajstić information content (AvgIpc) is 3.14. The van der Waals surface area contributed by atoms with Crippen molar-refractivity contribution in [3.8, 4) is 11.5 Å². The number of aromatic hydroxyl groups is 1. The van der Waals surface area contributed by atoms with E-state index in [0.29, 0.717) is 42.4 Å². The van der Waals surface area contributed by atoms with E-state index in [1.807, 2.05) is 24.3 Å². The van der Waals surface area contributed by atoms with Gasteiger partial charge in [0.15, 0.2) is 0 Å². The maximum atomic E-state index is 11.0. The fourth-order valence-electron chi connectivity index (χ4n) is 7.58. The van der Waals surface area contributed by atoms with Gasteiger partial charge in [-0.1, -0.05) is 25.1 Å². The zero-order valence-electron chi connectivity index (χ0n) is 21.1. The molecule has 0 saturated heterocycles. The largest absolute Gasteiger partial charge is 0.508 e. The molecule has 4 N–H and O–H groups in total. The molecule has 0 radical (unpaired) electrons. The molecule has 2 fully saturated rings. The van der Waals surface area contributed by atoms with Crippen LogP contribution in [-0.2, 0) is 16.4 Å². The molecule has 0 aliphatic heterocycles. The minimum absolute atomic E-state index is 0.0163. The third-order valence-corrected chi connectivity index (χ3v) is 10.2. The first-order valence-corrected chi connectivity index (χ1v) is 15.1. The monoisotopic (exact) mass is 513 g/mol. The van der Waals surface area contributed by atoms with Gasteiger partial charge in [0.2, 0.25) is 10.0 Å². The zero-order valence-corrected chi connectivity index (χ0v) is 21.9. The molecule has 3 aliphatic rings. The number of ether oxygens (including phenoxy) is 1. The van der Waals surface area contributed by atoms with Crippen molar-refractivity contribution in [3.05, 3.63) is 59.2 Å². The van der Waals surface area contributed by atoms with Crippen molar-refractivity contribution in [2.24, 2.45) is 22.4 Å². The van der Waals surface area contributed by atoms with Crippen LogP contribution in [0.5, 0.6) is 11.5 Å². The Morgan fingerprint density at radius 1 is 1.06 bits per heavy atom. The summed E-state index contributed by atoms with van der Waals surface area (Å²) in [6, 6.07) is 14.3. The Hall–Kier alpha value is -2.09. The standard InChI is InChI=1S/C29H39NO5S/c1-29-18-25(19-5-9-22(10-6-19)35-15-3-2-4-16-36(30,33)34)28-23-12-8-21(31)17-20(23)7-11-24(28)26(29)13-14-27(29)32/h5-6,8-10,12,17,24-28,31-32H,2-4,7,11,13-16,18H2,1H3,(H2,30,33,34)/t24?,25-,26?,27+,28?,29+/m1/s1. The van der Waals surface area contributed by atoms with E-state index in [-0.39, 0.29) is 17.3 Å². The molecule has 0 bridgehead atoms. The van der Waals surface area contributed by atoms with Crippen LogP contribution in [0.3, 0.4) is 0 Å². The summed E-state index contributed by atoms with van der Waals surface area (Å²) in [5, 5.41) is 26.2. The maximum Gasteiger partial charge on any atom is 0.209 e. The van der Waals surface area contributed by atoms with Gasteiger partial charge in [-0.05, 0) is 121 Å². The van der Waals surface area contributed by atoms with Gasteiger partial charge in [0.05, 0.1) is 18.5 Å². The fraction of sp³-hybridized carbons (Fsp3) is 0.586. The van der Waals surface area contributed by atoms with Crippen LogP contribution in [0.25, 0.3) is 0 Å². The first kappa shape index (κ1) is 25.6. The second-order valence-electron chi connectivity index (χ2n) is 11.5. The van der Waals surface area contributed by atoms with E-state index >= 15 is 0 Å². The quantitative estimate of drug-likeness (QED) is 0.438. The third-order valence-electron chi connectivity index (χ3n) is 9.31. The first-order chi connectivity index (χ1) is 17.2. The molecule has 0 heterocycles. The van der Waals surface area contributed by atoms with Crippen molar-refractivity contribution in [3.63, 3.8) is 0 Å². The van der Waals surface area contributed by atoms with E-state index in [4.69, 9.17) is 9.88 Å². The second kappa shape index (κ2) is 9.99. The number of fused-ring (bicyclic) bond motifs is 5. The predicted molar refractivity (Wildman–Crippen MR) is 141 cm³/mol. The minimum Gasteiger partial charge on any atom is -0.508 e. The summed E-state index contributed by atoms with van der Waals surface area (Å²) < 4.78 is 28.0. The number of hydrogen-bond acceptors (Lipinski definition) is 5. The van der Waals surface area contributed by atoms with Crippen LogP contribution >= 0.6 is 0 Å². The molecule has 0 aromatic heterocycles. The highest BCUT2D eigenvalue weighted by Crippen LogP contribution is 2.65. The van der Waals surface area contributed by atoms with Gasteiger partial charge < -0.3 is 14.9 Å². The molecule has 7 heteroatoms. The molecule has 2 aromatic rings. The smallest absolute Gasteiger partial charge is 0.209 e. The summed E-state index contributed by atoms with van der Waals surface area (Å²) in [6.07, 6.45) is 6.90. The lowest BCUT2D eigenvalue weighted by Crippen LogP contribution is -2.47. The van der Waals surface area contributed by atoms with Crippen LogP contribution in [0.15, 0.2) is 42.5 Å². The summed E-state index contributed by atoms with van der Waals surface area (Å²) in [7, 11) is -3.39. The van der Waals surface area contributed by atoms with Gasteiger partial charge in [0, 0.05) is 0 Å². The molecule has 0 amide bonds. The topological polar surface area (TPSA) is 110 Å². The van der Waals surface area contributed by atoms with Gasteiger partial charge in [0.25, 0.3) is 0 Å². The zero-order chi connectivity index (χ0) is 25.5. The summed E-state index contributed by atoms with van der Waals surface area (Å²) in [5.74, 6) is 2.94. The predicted octanol–water partition coefficient (Wildman–Crippen LogP) is 4.84. The lowest BCUT2D eigenvalue weighted by Gasteiger charge is -2.54. The number of primary sulfonamides is 1. The minimum atomic E-state index is -3.39. The normalized spacial score (nSPS) is 31.4. The van der Waals surface area contributed by atoms with Crippen molar-refractivity contribution < 1.29 is 23.4 Å². The number of rotatable bonds is 8. The van der Waals surface area contributed by atoms with Crippen LogP contribution in [0, 0.1) is 17.3 Å². The Bertz CT molecular complexity index is 1180. The van der Waals surface area contributed by atoms with Crippen LogP contribution in [0.1, 0.15) is 80.4 Å². The lowest BCUT2D eigenvalue weighted by atomic mass is 9.51. The summed E-state index contributed by atoms with van der Waals surface area (Å²) >= 11 is 0. The number of aryl methyl sites for hydroxylation is 1. The van der Waals surface area contributed by atoms with Crippen LogP contribution in [0.4, 0.5) is 0 Å². The number of hydrogen-bond donors (Lipinski definition) is 3. The molecule has 3 unspecified atom stereocenters. The van der Waals surface area contributed by atoms with E-state index in [2.05, 4.69) is 25.1 Å². The summed E-state index contributed by atoms with van der Waals surface area (Å²) in [6.45, 7) is 2.85. The highest BCUT2D eigenvalue weighted by molar-refractivity contribution is 7.89. The number of nitrogens with two attached hydrogens (primary N) is 1. The van der Waals surface area contributed by atoms with Crippen LogP contribution < -0.4 is 9.88 Å². The van der Waals surface area contributed by atoms with Crippen molar-refractivity contribution >= 4 is 10.0 Å². The summed E-state index contributed by atoms with van der Waals surface area (Å²) in [4.78, 5) is 0. The Kier molecular flexibility index (Phi) is 7.09. The molecule has 6 atom stereocenters. The van der Waals surface area contributed by atoms with Gasteiger partial charge >= 0.3 is 0 Å². The molecule has 0 spiro atoms. The number of benzene rings is 2. The molecule has 36 heavy (non-hydrogen) atoms. The van der Waals surface area contributed by atoms with Crippen molar-refractivity contribution in [2.75, 3.05) is 12.4 Å². The SMILES string of the molecule is C[C@]12C[C@H](c3ccc(OCCCCCS(N)(=O)=O)cc3)C3c4ccc(O)cc4CCC3C1CC[C@@H]2O. The van der Waals surface area contributed by atoms with E-state index in [1.165, 1.54) is 16.7 Å². The van der Waals surface area contributed by atoms with Gasteiger partial charge in [-0.3, -0.25) is 0 Å². The van der Waals surface area contributed by atoms with Gasteiger partial charge in [0.1, 0.15) is 11.5 Å². The van der Waals surface area contributed by atoms with Crippen molar-refractivity contribution in [2.45, 2.75) is 76.2 Å². The van der Waals surface area contributed by atoms with E-state index in [1.54, 1.807) is 0 Å². The molecule has 5 rings (SSSR count). The second-order valence-corrected chi connectivity index (χ2v) is 13.2. The Morgan fingerprint density at radius 3 is 2.58 bits per heavy atom. The number of aliphatic hydroxyl groups is 1. The molecule has 6 nitrogen and oxygen atoms in total. The Morgan fingerprint density at radius 2 is 1.83 bits per heavy atom. The molecular formula is C29H39NO5S. The Balaban J connectivity index is 1.33. The molecule has 196 valence electrons. The number of phenolic OH excluding ortho intramolecular Hbond substituents is 1. The third kappa shape index (κ3) is 5.02. The number of aliphatic hydroxyl groups excluding tert-OH is 1. The van der Waals surface area contributed by atoms with Crippen LogP contribution in [-0.4, -0.2) is 37.1 Å². The van der Waals surface area contributed by atoms with Gasteiger partial charge in [-0.2, -0.15) is 0 Å². The fourth-order valence-corrected chi connectivity index (χ4v) is 8.18. The van der Waals surface area contributed by atoms with Crippen molar-refractivity contribution in [1.82, 2.24) is 0 Å². The maximum absolute atomic E-state index is 11.0. The lowest BCUT2D eigenvalue weighted by molar-refractivity contribution is -0.0323. The van der Waals surface area contributed by atoms with E-state index in [0.717, 1.165) is 50.7 Å². The van der Waals surface area contributed by atoms with Crippen LogP contribution in [0.2, 0.25) is 0 Å². The highest BCUT2D eigenvalue weighted by atomic mass is 32.2. The van der Waals surface area contributed by atoms with Crippen molar-refractivity contribution in [1.29, 1.82) is 0 Å². The number of phenols is 1. The molecule has 3 aliphatic carbocycles. The number of sulfonamides is 1. The molecular weight excluding hydrogens is 474 g/mol.